The second-order valence-corrected chi connectivity index (χ2v) is 7.34. The predicted octanol–water partition coefficient (Wildman–Crippen LogP) is 5.37. The van der Waals surface area contributed by atoms with E-state index in [1.54, 1.807) is 6.20 Å². The van der Waals surface area contributed by atoms with E-state index >= 15 is 0 Å². The number of amides is 1. The lowest BCUT2D eigenvalue weighted by molar-refractivity contribution is 0.0956. The number of nitrogens with one attached hydrogen (secondary N) is 2. The van der Waals surface area contributed by atoms with Crippen LogP contribution in [0.5, 0.6) is 0 Å². The molecule has 0 radical (unpaired) electrons. The van der Waals surface area contributed by atoms with Gasteiger partial charge < -0.3 is 4.98 Å². The molecule has 1 aliphatic carbocycles. The van der Waals surface area contributed by atoms with Crippen LogP contribution >= 0.6 is 0 Å². The van der Waals surface area contributed by atoms with Crippen molar-refractivity contribution in [2.75, 3.05) is 0 Å². The largest absolute Gasteiger partial charge is 0.360 e. The van der Waals surface area contributed by atoms with Crippen molar-refractivity contribution < 1.29 is 4.79 Å². The number of para-hydroxylation sites is 1. The third-order valence-corrected chi connectivity index (χ3v) is 5.56. The van der Waals surface area contributed by atoms with Crippen molar-refractivity contribution in [1.29, 1.82) is 0 Å². The van der Waals surface area contributed by atoms with Gasteiger partial charge in [0.25, 0.3) is 5.91 Å². The first-order valence-electron chi connectivity index (χ1n) is 9.73. The summed E-state index contributed by atoms with van der Waals surface area (Å²) in [5.74, 6) is 0.497. The predicted molar refractivity (Wildman–Crippen MR) is 110 cm³/mol. The molecule has 4 nitrogen and oxygen atoms in total. The van der Waals surface area contributed by atoms with E-state index in [1.165, 1.54) is 37.7 Å². The maximum atomic E-state index is 12.5. The van der Waals surface area contributed by atoms with Crippen LogP contribution in [0.15, 0.2) is 59.8 Å². The summed E-state index contributed by atoms with van der Waals surface area (Å²) in [7, 11) is 0. The van der Waals surface area contributed by atoms with Crippen LogP contribution in [-0.4, -0.2) is 16.6 Å². The lowest BCUT2D eigenvalue weighted by Crippen LogP contribution is -2.19. The SMILES string of the molecule is CC(=NNC(=O)c1c[nH]c2ccccc12)c1ccc(C2CCCCC2)cc1. The van der Waals surface area contributed by atoms with Crippen LogP contribution in [0.1, 0.15) is 66.4 Å². The highest BCUT2D eigenvalue weighted by atomic mass is 16.2. The normalized spacial score (nSPS) is 15.8. The number of hydrogen-bond donors (Lipinski definition) is 2. The molecule has 2 aromatic carbocycles. The smallest absolute Gasteiger partial charge is 0.273 e. The molecule has 1 heterocycles. The number of nitrogens with zero attached hydrogens (tertiary/aromatic N) is 1. The highest BCUT2D eigenvalue weighted by Crippen LogP contribution is 2.32. The lowest BCUT2D eigenvalue weighted by Gasteiger charge is -2.22. The van der Waals surface area contributed by atoms with Crippen molar-refractivity contribution in [2.24, 2.45) is 5.10 Å². The Morgan fingerprint density at radius 1 is 1.04 bits per heavy atom. The maximum absolute atomic E-state index is 12.5. The van der Waals surface area contributed by atoms with E-state index in [0.29, 0.717) is 11.5 Å². The van der Waals surface area contributed by atoms with Crippen LogP contribution in [0.3, 0.4) is 0 Å². The molecule has 0 aliphatic heterocycles. The van der Waals surface area contributed by atoms with Gasteiger partial charge in [0.15, 0.2) is 0 Å². The number of aromatic amines is 1. The summed E-state index contributed by atoms with van der Waals surface area (Å²) in [6, 6.07) is 16.4. The summed E-state index contributed by atoms with van der Waals surface area (Å²) in [5, 5.41) is 5.21. The summed E-state index contributed by atoms with van der Waals surface area (Å²) < 4.78 is 0. The van der Waals surface area contributed by atoms with Crippen LogP contribution in [-0.2, 0) is 0 Å². The molecule has 138 valence electrons. The maximum Gasteiger partial charge on any atom is 0.273 e. The van der Waals surface area contributed by atoms with E-state index in [1.807, 2.05) is 31.2 Å². The van der Waals surface area contributed by atoms with E-state index in [9.17, 15) is 4.79 Å². The van der Waals surface area contributed by atoms with Crippen LogP contribution in [0.4, 0.5) is 0 Å². The van der Waals surface area contributed by atoms with Gasteiger partial charge in [0, 0.05) is 17.1 Å². The van der Waals surface area contributed by atoms with Crippen LogP contribution < -0.4 is 5.43 Å². The van der Waals surface area contributed by atoms with Gasteiger partial charge in [-0.15, -0.1) is 0 Å². The molecule has 0 bridgehead atoms. The molecule has 4 heteroatoms. The Kier molecular flexibility index (Phi) is 5.05. The fraction of sp³-hybridized carbons (Fsp3) is 0.304. The highest BCUT2D eigenvalue weighted by molar-refractivity contribution is 6.07. The minimum atomic E-state index is -0.203. The van der Waals surface area contributed by atoms with Gasteiger partial charge in [-0.05, 0) is 42.9 Å². The molecular formula is C23H25N3O. The molecule has 27 heavy (non-hydrogen) atoms. The van der Waals surface area contributed by atoms with E-state index in [4.69, 9.17) is 0 Å². The minimum absolute atomic E-state index is 0.203. The molecule has 1 saturated carbocycles. The first kappa shape index (κ1) is 17.5. The Morgan fingerprint density at radius 2 is 1.78 bits per heavy atom. The second-order valence-electron chi connectivity index (χ2n) is 7.34. The highest BCUT2D eigenvalue weighted by Gasteiger charge is 2.15. The van der Waals surface area contributed by atoms with Gasteiger partial charge in [0.05, 0.1) is 11.3 Å². The monoisotopic (exact) mass is 359 g/mol. The zero-order chi connectivity index (χ0) is 18.6. The molecule has 1 aliphatic rings. The minimum Gasteiger partial charge on any atom is -0.360 e. The Labute approximate surface area is 159 Å². The van der Waals surface area contributed by atoms with E-state index in [0.717, 1.165) is 22.2 Å². The first-order valence-corrected chi connectivity index (χ1v) is 9.73. The first-order chi connectivity index (χ1) is 13.2. The number of aromatic nitrogens is 1. The van der Waals surface area contributed by atoms with Gasteiger partial charge >= 0.3 is 0 Å². The summed E-state index contributed by atoms with van der Waals surface area (Å²) >= 11 is 0. The molecular weight excluding hydrogens is 334 g/mol. The average molecular weight is 359 g/mol. The third kappa shape index (κ3) is 3.80. The summed E-state index contributed by atoms with van der Waals surface area (Å²) in [4.78, 5) is 15.6. The van der Waals surface area contributed by atoms with Crippen LogP contribution in [0.2, 0.25) is 0 Å². The number of benzene rings is 2. The number of hydrogen-bond acceptors (Lipinski definition) is 2. The lowest BCUT2D eigenvalue weighted by atomic mass is 9.84. The van der Waals surface area contributed by atoms with Crippen LogP contribution in [0.25, 0.3) is 10.9 Å². The molecule has 0 atom stereocenters. The van der Waals surface area contributed by atoms with E-state index in [2.05, 4.69) is 39.8 Å². The summed E-state index contributed by atoms with van der Waals surface area (Å²) in [5.41, 5.74) is 7.50. The zero-order valence-electron chi connectivity index (χ0n) is 15.7. The number of carbonyl (C=O) groups is 1. The average Bonchev–Trinajstić information content (AvgIpc) is 3.17. The third-order valence-electron chi connectivity index (χ3n) is 5.56. The Bertz CT molecular complexity index is 963. The number of H-pyrrole nitrogens is 1. The quantitative estimate of drug-likeness (QED) is 0.477. The van der Waals surface area contributed by atoms with Crippen molar-refractivity contribution in [1.82, 2.24) is 10.4 Å². The molecule has 0 unspecified atom stereocenters. The summed E-state index contributed by atoms with van der Waals surface area (Å²) in [6.45, 7) is 1.92. The van der Waals surface area contributed by atoms with Gasteiger partial charge in [-0.25, -0.2) is 5.43 Å². The van der Waals surface area contributed by atoms with Crippen molar-refractivity contribution in [2.45, 2.75) is 44.9 Å². The molecule has 3 aromatic rings. The molecule has 0 saturated heterocycles. The molecule has 4 rings (SSSR count). The van der Waals surface area contributed by atoms with Crippen molar-refractivity contribution in [3.8, 4) is 0 Å². The van der Waals surface area contributed by atoms with Gasteiger partial charge in [0.1, 0.15) is 0 Å². The fourth-order valence-corrected chi connectivity index (χ4v) is 3.95. The van der Waals surface area contributed by atoms with Gasteiger partial charge in [-0.1, -0.05) is 61.7 Å². The fourth-order valence-electron chi connectivity index (χ4n) is 3.95. The second kappa shape index (κ2) is 7.78. The van der Waals surface area contributed by atoms with Crippen molar-refractivity contribution in [3.63, 3.8) is 0 Å². The number of hydrazone groups is 1. The zero-order valence-corrected chi connectivity index (χ0v) is 15.7. The van der Waals surface area contributed by atoms with Gasteiger partial charge in [-0.3, -0.25) is 4.79 Å². The van der Waals surface area contributed by atoms with Gasteiger partial charge in [-0.2, -0.15) is 5.10 Å². The van der Waals surface area contributed by atoms with E-state index in [-0.39, 0.29) is 5.91 Å². The Balaban J connectivity index is 1.45. The molecule has 1 fully saturated rings. The topological polar surface area (TPSA) is 57.2 Å². The van der Waals surface area contributed by atoms with Crippen LogP contribution in [0, 0.1) is 0 Å². The van der Waals surface area contributed by atoms with Crippen molar-refractivity contribution in [3.05, 3.63) is 71.4 Å². The standard InChI is InChI=1S/C23H25N3O/c1-16(17-11-13-19(14-12-17)18-7-3-2-4-8-18)25-26-23(27)21-15-24-22-10-6-5-9-20(21)22/h5-6,9-15,18,24H,2-4,7-8H2,1H3,(H,26,27). The Morgan fingerprint density at radius 3 is 2.56 bits per heavy atom. The molecule has 0 spiro atoms. The molecule has 1 aromatic heterocycles. The van der Waals surface area contributed by atoms with E-state index < -0.39 is 0 Å². The van der Waals surface area contributed by atoms with Crippen molar-refractivity contribution >= 4 is 22.5 Å². The number of fused-ring (bicyclic) bond motifs is 1. The summed E-state index contributed by atoms with van der Waals surface area (Å²) in [6.07, 6.45) is 8.38. The molecule has 2 N–H and O–H groups in total. The van der Waals surface area contributed by atoms with Gasteiger partial charge in [0.2, 0.25) is 0 Å². The number of carbonyl (C=O) groups excluding carboxylic acids is 1. The molecule has 1 amide bonds. The Hall–Kier alpha value is -2.88. The number of rotatable bonds is 4.